The van der Waals surface area contributed by atoms with Crippen LogP contribution in [0.15, 0.2) is 24.8 Å². The summed E-state index contributed by atoms with van der Waals surface area (Å²) >= 11 is 0. The minimum atomic E-state index is -1.77. The van der Waals surface area contributed by atoms with Crippen LogP contribution in [0.1, 0.15) is 193 Å². The van der Waals surface area contributed by atoms with Crippen molar-refractivity contribution in [2.24, 2.45) is 0 Å². The molecule has 0 bridgehead atoms. The van der Waals surface area contributed by atoms with Crippen molar-refractivity contribution in [1.29, 1.82) is 0 Å². The minimum absolute atomic E-state index is 0.0838. The number of aliphatic hydroxyl groups excluding tert-OH is 7. The lowest BCUT2D eigenvalue weighted by Gasteiger charge is -2.42. The van der Waals surface area contributed by atoms with E-state index in [0.717, 1.165) is 38.5 Å². The van der Waals surface area contributed by atoms with E-state index in [2.05, 4.69) is 19.6 Å². The topological polar surface area (TPSA) is 231 Å². The molecular weight excluding hydrogens is 853 g/mol. The average molecular weight is 945 g/mol. The zero-order valence-corrected chi connectivity index (χ0v) is 40.5. The number of carbonyl (C=O) groups excluding carboxylic acids is 2. The minimum Gasteiger partial charge on any atom is -0.462 e. The molecule has 386 valence electrons. The largest absolute Gasteiger partial charge is 0.462 e. The Balaban J connectivity index is 1.81. The highest BCUT2D eigenvalue weighted by atomic mass is 16.7. The molecule has 0 aromatic heterocycles. The molecule has 15 heteroatoms. The van der Waals surface area contributed by atoms with Gasteiger partial charge in [-0.05, 0) is 38.5 Å². The van der Waals surface area contributed by atoms with E-state index in [9.17, 15) is 45.3 Å². The zero-order valence-electron chi connectivity index (χ0n) is 40.5. The number of carbonyl (C=O) groups is 2. The maximum absolute atomic E-state index is 13.0. The molecule has 0 aromatic rings. The zero-order chi connectivity index (χ0) is 48.2. The first-order valence-corrected chi connectivity index (χ1v) is 25.9. The summed E-state index contributed by atoms with van der Waals surface area (Å²) in [5.74, 6) is -0.978. The number of rotatable bonds is 41. The number of allylic oxidation sites excluding steroid dienone is 3. The first kappa shape index (κ1) is 60.1. The molecule has 11 atom stereocenters. The second-order valence-electron chi connectivity index (χ2n) is 18.4. The van der Waals surface area contributed by atoms with Crippen LogP contribution in [0.2, 0.25) is 0 Å². The monoisotopic (exact) mass is 945 g/mol. The van der Waals surface area contributed by atoms with Crippen molar-refractivity contribution >= 4 is 11.9 Å². The maximum atomic E-state index is 13.0. The second-order valence-corrected chi connectivity index (χ2v) is 18.4. The molecule has 66 heavy (non-hydrogen) atoms. The Morgan fingerprint density at radius 3 is 1.50 bits per heavy atom. The van der Waals surface area contributed by atoms with Gasteiger partial charge in [-0.25, -0.2) is 0 Å². The van der Waals surface area contributed by atoms with Crippen molar-refractivity contribution in [2.75, 3.05) is 26.4 Å². The van der Waals surface area contributed by atoms with Crippen LogP contribution in [0.3, 0.4) is 0 Å². The number of ether oxygens (including phenoxy) is 6. The molecular formula is C51H92O15. The number of hydrogen-bond donors (Lipinski definition) is 7. The molecule has 2 saturated heterocycles. The van der Waals surface area contributed by atoms with Crippen LogP contribution in [0.5, 0.6) is 0 Å². The summed E-state index contributed by atoms with van der Waals surface area (Å²) in [6, 6.07) is 0. The smallest absolute Gasteiger partial charge is 0.306 e. The van der Waals surface area contributed by atoms with Gasteiger partial charge >= 0.3 is 11.9 Å². The molecule has 0 spiro atoms. The lowest BCUT2D eigenvalue weighted by molar-refractivity contribution is -0.332. The highest BCUT2D eigenvalue weighted by Crippen LogP contribution is 2.26. The van der Waals surface area contributed by atoms with E-state index < -0.39 is 99.3 Å². The van der Waals surface area contributed by atoms with Crippen LogP contribution >= 0.6 is 0 Å². The van der Waals surface area contributed by atoms with Gasteiger partial charge in [-0.1, -0.05) is 160 Å². The molecule has 2 fully saturated rings. The maximum Gasteiger partial charge on any atom is 0.306 e. The normalized spacial score (nSPS) is 26.1. The third-order valence-electron chi connectivity index (χ3n) is 12.6. The van der Waals surface area contributed by atoms with E-state index in [1.54, 1.807) is 0 Å². The van der Waals surface area contributed by atoms with Crippen LogP contribution in [-0.4, -0.2) is 142 Å². The van der Waals surface area contributed by atoms with E-state index in [-0.39, 0.29) is 19.4 Å². The average Bonchev–Trinajstić information content (AvgIpc) is 3.31. The van der Waals surface area contributed by atoms with E-state index in [4.69, 9.17) is 28.4 Å². The number of hydrogen-bond acceptors (Lipinski definition) is 15. The van der Waals surface area contributed by atoms with Crippen LogP contribution in [0.25, 0.3) is 0 Å². The summed E-state index contributed by atoms with van der Waals surface area (Å²) in [7, 11) is 0. The Morgan fingerprint density at radius 2 is 0.970 bits per heavy atom. The summed E-state index contributed by atoms with van der Waals surface area (Å²) in [6.45, 7) is 4.10. The van der Waals surface area contributed by atoms with Gasteiger partial charge < -0.3 is 64.2 Å². The fourth-order valence-electron chi connectivity index (χ4n) is 8.27. The predicted molar refractivity (Wildman–Crippen MR) is 252 cm³/mol. The molecule has 2 aliphatic rings. The van der Waals surface area contributed by atoms with Gasteiger partial charge in [0.1, 0.15) is 55.4 Å². The Morgan fingerprint density at radius 1 is 0.515 bits per heavy atom. The second kappa shape index (κ2) is 38.8. The first-order valence-electron chi connectivity index (χ1n) is 25.9. The van der Waals surface area contributed by atoms with Crippen molar-refractivity contribution in [3.8, 4) is 0 Å². The molecule has 0 radical (unpaired) electrons. The summed E-state index contributed by atoms with van der Waals surface area (Å²) in [4.78, 5) is 25.7. The lowest BCUT2D eigenvalue weighted by atomic mass is 9.98. The SMILES string of the molecule is C=CCCCCCCCCCCCCCCCC(=O)OC[C@H](CO[C@@H]1O[C@H](CO[C@@H]2O[C@H](CO)[C@H](O)C(O)C2O)[C@H](O)C(O)C1O)OC(=O)CC/C=C/CCCCCCCCCCCCC. The quantitative estimate of drug-likeness (QED) is 0.0183. The van der Waals surface area contributed by atoms with Gasteiger partial charge in [-0.3, -0.25) is 9.59 Å². The molecule has 15 nitrogen and oxygen atoms in total. The molecule has 0 aromatic carbocycles. The van der Waals surface area contributed by atoms with Crippen LogP contribution in [0.4, 0.5) is 0 Å². The van der Waals surface area contributed by atoms with Crippen LogP contribution in [0, 0.1) is 0 Å². The third-order valence-corrected chi connectivity index (χ3v) is 12.6. The van der Waals surface area contributed by atoms with Gasteiger partial charge in [-0.15, -0.1) is 6.58 Å². The number of unbranched alkanes of at least 4 members (excludes halogenated alkanes) is 24. The van der Waals surface area contributed by atoms with Gasteiger partial charge in [0.05, 0.1) is 19.8 Å². The van der Waals surface area contributed by atoms with Crippen LogP contribution < -0.4 is 0 Å². The van der Waals surface area contributed by atoms with Crippen molar-refractivity contribution in [1.82, 2.24) is 0 Å². The van der Waals surface area contributed by atoms with Gasteiger partial charge in [0.25, 0.3) is 0 Å². The Labute approximate surface area is 396 Å². The molecule has 0 amide bonds. The Kier molecular flexibility index (Phi) is 35.3. The van der Waals surface area contributed by atoms with Crippen LogP contribution in [-0.2, 0) is 38.0 Å². The van der Waals surface area contributed by atoms with E-state index in [1.807, 2.05) is 12.2 Å². The molecule has 0 aliphatic carbocycles. The lowest BCUT2D eigenvalue weighted by Crippen LogP contribution is -2.61. The van der Waals surface area contributed by atoms with E-state index >= 15 is 0 Å². The molecule has 0 saturated carbocycles. The molecule has 2 rings (SSSR count). The Hall–Kier alpha value is -2.02. The van der Waals surface area contributed by atoms with Crippen molar-refractivity contribution in [3.05, 3.63) is 24.8 Å². The molecule has 7 N–H and O–H groups in total. The Bertz CT molecular complexity index is 1240. The summed E-state index contributed by atoms with van der Waals surface area (Å²) in [5, 5.41) is 72.0. The van der Waals surface area contributed by atoms with E-state index in [0.29, 0.717) is 12.8 Å². The summed E-state index contributed by atoms with van der Waals surface area (Å²) in [5.41, 5.74) is 0. The van der Waals surface area contributed by atoms with Gasteiger partial charge in [-0.2, -0.15) is 0 Å². The number of aliphatic hydroxyl groups is 7. The van der Waals surface area contributed by atoms with Gasteiger partial charge in [0.2, 0.25) is 0 Å². The standard InChI is InChI=1S/C51H92O15/c1-3-5-7-9-11-13-15-17-19-21-23-25-27-29-31-33-42(53)61-36-39(64-43(54)34-32-30-28-26-24-22-20-18-16-14-12-10-8-6-4-2)37-62-50-49(60)47(58)45(56)41(66-50)38-63-51-48(59)46(57)44(55)40(35-52)65-51/h3,28,30,39-41,44-52,55-60H,1,4-27,29,31-38H2,2H3/b30-28+/t39-,40-,41-,44+,45+,46?,47?,48?,49?,50-,51-/m1/s1. The van der Waals surface area contributed by atoms with E-state index in [1.165, 1.54) is 122 Å². The highest BCUT2D eigenvalue weighted by Gasteiger charge is 2.47. The molecule has 2 aliphatic heterocycles. The summed E-state index contributed by atoms with van der Waals surface area (Å²) < 4.78 is 33.5. The van der Waals surface area contributed by atoms with Gasteiger partial charge in [0.15, 0.2) is 18.7 Å². The van der Waals surface area contributed by atoms with Crippen molar-refractivity contribution < 1.29 is 73.8 Å². The third kappa shape index (κ3) is 26.7. The van der Waals surface area contributed by atoms with Crippen molar-refractivity contribution in [3.63, 3.8) is 0 Å². The fourth-order valence-corrected chi connectivity index (χ4v) is 8.27. The predicted octanol–water partition coefficient (Wildman–Crippen LogP) is 7.16. The highest BCUT2D eigenvalue weighted by molar-refractivity contribution is 5.70. The van der Waals surface area contributed by atoms with Crippen molar-refractivity contribution in [2.45, 2.75) is 261 Å². The molecule has 2 heterocycles. The number of esters is 2. The van der Waals surface area contributed by atoms with Gasteiger partial charge in [0, 0.05) is 12.8 Å². The first-order chi connectivity index (χ1) is 32.0. The summed E-state index contributed by atoms with van der Waals surface area (Å²) in [6.07, 6.45) is 21.1. The molecule has 4 unspecified atom stereocenters. The fraction of sp³-hybridized carbons (Fsp3) is 0.882.